The summed E-state index contributed by atoms with van der Waals surface area (Å²) in [5, 5.41) is 0. The van der Waals surface area contributed by atoms with E-state index in [1.807, 2.05) is 0 Å². The molecule has 0 spiro atoms. The Labute approximate surface area is 89.5 Å². The maximum absolute atomic E-state index is 11.2. The molecule has 0 aromatic rings. The summed E-state index contributed by atoms with van der Waals surface area (Å²) < 4.78 is 11.2. The summed E-state index contributed by atoms with van der Waals surface area (Å²) in [5.74, 6) is 8.01. The van der Waals surface area contributed by atoms with Crippen molar-refractivity contribution in [3.05, 3.63) is 0 Å². The van der Waals surface area contributed by atoms with Gasteiger partial charge in [0, 0.05) is 41.8 Å². The monoisotopic (exact) mass is 213 g/mol. The van der Waals surface area contributed by atoms with Crippen molar-refractivity contribution >= 4 is 10.8 Å². The summed E-state index contributed by atoms with van der Waals surface area (Å²) in [5.41, 5.74) is -0.0549. The molecule has 0 radical (unpaired) electrons. The highest BCUT2D eigenvalue weighted by molar-refractivity contribution is 7.85. The van der Waals surface area contributed by atoms with Crippen LogP contribution in [-0.2, 0) is 10.8 Å². The van der Waals surface area contributed by atoms with Crippen LogP contribution in [0.2, 0.25) is 0 Å². The van der Waals surface area contributed by atoms with E-state index in [1.165, 1.54) is 0 Å². The summed E-state index contributed by atoms with van der Waals surface area (Å²) in [6.07, 6.45) is 0.906. The molecular formula is C11H19NOS. The molecule has 1 aliphatic rings. The van der Waals surface area contributed by atoms with Gasteiger partial charge in [0.05, 0.1) is 5.54 Å². The van der Waals surface area contributed by atoms with Crippen LogP contribution in [0.25, 0.3) is 0 Å². The van der Waals surface area contributed by atoms with E-state index in [4.69, 9.17) is 0 Å². The highest BCUT2D eigenvalue weighted by Crippen LogP contribution is 2.15. The number of nitrogens with zero attached hydrogens (tertiary/aromatic N) is 1. The van der Waals surface area contributed by atoms with Crippen LogP contribution in [0.15, 0.2) is 0 Å². The van der Waals surface area contributed by atoms with Gasteiger partial charge in [-0.1, -0.05) is 12.8 Å². The number of hydrogen-bond acceptors (Lipinski definition) is 2. The van der Waals surface area contributed by atoms with Crippen LogP contribution in [0.1, 0.15) is 27.2 Å². The predicted octanol–water partition coefficient (Wildman–Crippen LogP) is 1.24. The van der Waals surface area contributed by atoms with Crippen LogP contribution >= 0.6 is 0 Å². The fourth-order valence-corrected chi connectivity index (χ4v) is 2.63. The van der Waals surface area contributed by atoms with Gasteiger partial charge in [-0.15, -0.1) is 5.92 Å². The van der Waals surface area contributed by atoms with Crippen molar-refractivity contribution in [2.75, 3.05) is 24.6 Å². The Morgan fingerprint density at radius 2 is 1.93 bits per heavy atom. The van der Waals surface area contributed by atoms with Gasteiger partial charge in [-0.3, -0.25) is 9.11 Å². The van der Waals surface area contributed by atoms with Crippen LogP contribution in [0, 0.1) is 11.8 Å². The molecular weight excluding hydrogens is 194 g/mol. The number of rotatable bonds is 1. The second-order valence-corrected chi connectivity index (χ2v) is 5.75. The highest BCUT2D eigenvalue weighted by atomic mass is 32.2. The molecule has 0 unspecified atom stereocenters. The van der Waals surface area contributed by atoms with Gasteiger partial charge in [-0.05, 0) is 13.8 Å². The van der Waals surface area contributed by atoms with Crippen molar-refractivity contribution in [3.63, 3.8) is 0 Å². The van der Waals surface area contributed by atoms with E-state index < -0.39 is 10.8 Å². The van der Waals surface area contributed by atoms with Crippen LogP contribution < -0.4 is 0 Å². The Morgan fingerprint density at radius 3 is 2.43 bits per heavy atom. The molecule has 0 aliphatic carbocycles. The first-order valence-corrected chi connectivity index (χ1v) is 6.65. The van der Waals surface area contributed by atoms with Crippen LogP contribution in [0.3, 0.4) is 0 Å². The zero-order valence-electron chi connectivity index (χ0n) is 9.30. The van der Waals surface area contributed by atoms with E-state index >= 15 is 0 Å². The van der Waals surface area contributed by atoms with Crippen molar-refractivity contribution < 1.29 is 4.21 Å². The summed E-state index contributed by atoms with van der Waals surface area (Å²) in [6, 6.07) is 0. The lowest BCUT2D eigenvalue weighted by Gasteiger charge is -2.36. The van der Waals surface area contributed by atoms with Gasteiger partial charge in [0.15, 0.2) is 0 Å². The molecule has 80 valence electrons. The Balaban J connectivity index is 2.59. The van der Waals surface area contributed by atoms with E-state index in [0.717, 1.165) is 31.0 Å². The van der Waals surface area contributed by atoms with Gasteiger partial charge in [0.25, 0.3) is 0 Å². The molecule has 3 heteroatoms. The standard InChI is InChI=1S/C11H19NOS/c1-4-5-6-11(2,3)12-7-9-14(13)10-8-12/h4,7-10H2,1-3H3. The first kappa shape index (κ1) is 11.7. The average Bonchev–Trinajstić information content (AvgIpc) is 2.16. The summed E-state index contributed by atoms with van der Waals surface area (Å²) in [6.45, 7) is 8.18. The van der Waals surface area contributed by atoms with E-state index in [0.29, 0.717) is 0 Å². The van der Waals surface area contributed by atoms with Crippen LogP contribution in [0.4, 0.5) is 0 Å². The molecule has 1 aliphatic heterocycles. The lowest BCUT2D eigenvalue weighted by Crippen LogP contribution is -2.49. The quantitative estimate of drug-likeness (QED) is 0.611. The maximum atomic E-state index is 11.2. The minimum Gasteiger partial charge on any atom is -0.286 e. The van der Waals surface area contributed by atoms with E-state index in [9.17, 15) is 4.21 Å². The molecule has 0 aromatic heterocycles. The fraction of sp³-hybridized carbons (Fsp3) is 0.818. The van der Waals surface area contributed by atoms with Gasteiger partial charge < -0.3 is 0 Å². The van der Waals surface area contributed by atoms with Crippen molar-refractivity contribution in [1.29, 1.82) is 0 Å². The maximum Gasteiger partial charge on any atom is 0.0769 e. The van der Waals surface area contributed by atoms with Crippen molar-refractivity contribution in [3.8, 4) is 11.8 Å². The zero-order chi connectivity index (χ0) is 10.6. The van der Waals surface area contributed by atoms with Gasteiger partial charge in [-0.25, -0.2) is 0 Å². The molecule has 1 saturated heterocycles. The van der Waals surface area contributed by atoms with Gasteiger partial charge >= 0.3 is 0 Å². The van der Waals surface area contributed by atoms with Gasteiger partial charge in [0.1, 0.15) is 0 Å². The Kier molecular flexibility index (Phi) is 4.15. The van der Waals surface area contributed by atoms with Crippen LogP contribution in [0.5, 0.6) is 0 Å². The Morgan fingerprint density at radius 1 is 1.36 bits per heavy atom. The molecule has 0 atom stereocenters. The Bertz CT molecular complexity index is 265. The lowest BCUT2D eigenvalue weighted by atomic mass is 10.0. The second kappa shape index (κ2) is 4.95. The smallest absolute Gasteiger partial charge is 0.0769 e. The van der Waals surface area contributed by atoms with Gasteiger partial charge in [0.2, 0.25) is 0 Å². The predicted molar refractivity (Wildman–Crippen MR) is 61.6 cm³/mol. The molecule has 0 saturated carbocycles. The molecule has 0 amide bonds. The summed E-state index contributed by atoms with van der Waals surface area (Å²) in [7, 11) is -0.591. The second-order valence-electron chi connectivity index (χ2n) is 4.05. The minimum absolute atomic E-state index is 0.0549. The number of hydrogen-bond donors (Lipinski definition) is 0. The summed E-state index contributed by atoms with van der Waals surface area (Å²) in [4.78, 5) is 2.33. The largest absolute Gasteiger partial charge is 0.286 e. The normalized spacial score (nSPS) is 20.2. The van der Waals surface area contributed by atoms with Gasteiger partial charge in [-0.2, -0.15) is 0 Å². The molecule has 1 rings (SSSR count). The zero-order valence-corrected chi connectivity index (χ0v) is 10.1. The van der Waals surface area contributed by atoms with E-state index in [1.54, 1.807) is 0 Å². The molecule has 0 aromatic carbocycles. The third kappa shape index (κ3) is 3.11. The average molecular weight is 213 g/mol. The molecule has 14 heavy (non-hydrogen) atoms. The van der Waals surface area contributed by atoms with Crippen molar-refractivity contribution in [1.82, 2.24) is 4.90 Å². The van der Waals surface area contributed by atoms with Crippen LogP contribution in [-0.4, -0.2) is 39.2 Å². The Hall–Kier alpha value is -0.330. The molecule has 0 N–H and O–H groups in total. The highest BCUT2D eigenvalue weighted by Gasteiger charge is 2.27. The van der Waals surface area contributed by atoms with E-state index in [-0.39, 0.29) is 5.54 Å². The SMILES string of the molecule is CCC#CC(C)(C)N1CCS(=O)CC1. The van der Waals surface area contributed by atoms with Crippen molar-refractivity contribution in [2.45, 2.75) is 32.7 Å². The molecule has 1 heterocycles. The minimum atomic E-state index is -0.591. The fourth-order valence-electron chi connectivity index (χ4n) is 1.58. The third-order valence-corrected chi connectivity index (χ3v) is 3.82. The first-order valence-electron chi connectivity index (χ1n) is 5.16. The first-order chi connectivity index (χ1) is 6.56. The summed E-state index contributed by atoms with van der Waals surface area (Å²) >= 11 is 0. The molecule has 2 nitrogen and oxygen atoms in total. The van der Waals surface area contributed by atoms with E-state index in [2.05, 4.69) is 37.5 Å². The van der Waals surface area contributed by atoms with Crippen molar-refractivity contribution in [2.24, 2.45) is 0 Å². The lowest BCUT2D eigenvalue weighted by molar-refractivity contribution is 0.187. The molecule has 1 fully saturated rings. The topological polar surface area (TPSA) is 20.3 Å². The third-order valence-electron chi connectivity index (χ3n) is 2.54. The molecule has 0 bridgehead atoms.